The van der Waals surface area contributed by atoms with Crippen molar-refractivity contribution in [3.05, 3.63) is 65.7 Å². The third kappa shape index (κ3) is 5.31. The zero-order valence-corrected chi connectivity index (χ0v) is 15.4. The highest BCUT2D eigenvalue weighted by molar-refractivity contribution is 5.95. The lowest BCUT2D eigenvalue weighted by Crippen LogP contribution is -2.44. The van der Waals surface area contributed by atoms with Gasteiger partial charge in [-0.05, 0) is 43.7 Å². The van der Waals surface area contributed by atoms with Crippen molar-refractivity contribution in [1.82, 2.24) is 10.9 Å². The van der Waals surface area contributed by atoms with Crippen LogP contribution in [0.4, 0.5) is 0 Å². The van der Waals surface area contributed by atoms with E-state index in [4.69, 9.17) is 9.47 Å². The summed E-state index contributed by atoms with van der Waals surface area (Å²) in [7, 11) is 1.52. The molecule has 0 aliphatic rings. The molecule has 0 spiro atoms. The Bertz CT molecular complexity index is 801. The van der Waals surface area contributed by atoms with Gasteiger partial charge in [-0.2, -0.15) is 0 Å². The van der Waals surface area contributed by atoms with E-state index in [0.29, 0.717) is 11.3 Å². The van der Waals surface area contributed by atoms with Crippen molar-refractivity contribution >= 4 is 17.8 Å². The van der Waals surface area contributed by atoms with Crippen molar-refractivity contribution in [2.45, 2.75) is 19.3 Å². The van der Waals surface area contributed by atoms with Crippen molar-refractivity contribution in [2.24, 2.45) is 0 Å². The first-order chi connectivity index (χ1) is 12.8. The second kappa shape index (κ2) is 8.84. The van der Waals surface area contributed by atoms with Crippen LogP contribution in [0.3, 0.4) is 0 Å². The van der Waals surface area contributed by atoms with E-state index in [9.17, 15) is 14.4 Å². The Morgan fingerprint density at radius 3 is 2.15 bits per heavy atom. The number of amides is 2. The quantitative estimate of drug-likeness (QED) is 0.599. The van der Waals surface area contributed by atoms with Gasteiger partial charge in [0.1, 0.15) is 5.75 Å². The zero-order chi connectivity index (χ0) is 19.9. The highest BCUT2D eigenvalue weighted by atomic mass is 16.5. The highest BCUT2D eigenvalue weighted by Gasteiger charge is 2.31. The number of carbonyl (C=O) groups excluding carboxylic acids is 3. The molecule has 27 heavy (non-hydrogen) atoms. The first kappa shape index (κ1) is 20.0. The maximum atomic E-state index is 12.3. The summed E-state index contributed by atoms with van der Waals surface area (Å²) in [6.45, 7) is 2.93. The third-order valence-corrected chi connectivity index (χ3v) is 4.01. The number of ether oxygens (including phenoxy) is 2. The van der Waals surface area contributed by atoms with Crippen LogP contribution in [-0.4, -0.2) is 31.5 Å². The van der Waals surface area contributed by atoms with E-state index in [1.165, 1.54) is 7.11 Å². The minimum atomic E-state index is -0.895. The molecule has 0 bridgehead atoms. The Morgan fingerprint density at radius 2 is 1.56 bits per heavy atom. The van der Waals surface area contributed by atoms with E-state index in [1.54, 1.807) is 38.1 Å². The number of rotatable bonds is 6. The molecule has 2 aromatic carbocycles. The highest BCUT2D eigenvalue weighted by Crippen LogP contribution is 2.24. The SMILES string of the molecule is COc1ccc(C(=O)NNC(=O)COC(=O)C(C)(C)c2ccccc2)cc1. The van der Waals surface area contributed by atoms with Crippen molar-refractivity contribution in [2.75, 3.05) is 13.7 Å². The molecule has 7 heteroatoms. The molecule has 0 aliphatic heterocycles. The van der Waals surface area contributed by atoms with Gasteiger partial charge in [0.2, 0.25) is 0 Å². The summed E-state index contributed by atoms with van der Waals surface area (Å²) in [6, 6.07) is 15.5. The van der Waals surface area contributed by atoms with Crippen LogP contribution in [0.2, 0.25) is 0 Å². The predicted molar refractivity (Wildman–Crippen MR) is 99.0 cm³/mol. The van der Waals surface area contributed by atoms with Crippen LogP contribution < -0.4 is 15.6 Å². The van der Waals surface area contributed by atoms with Gasteiger partial charge in [-0.1, -0.05) is 30.3 Å². The van der Waals surface area contributed by atoms with Crippen LogP contribution in [0.15, 0.2) is 54.6 Å². The van der Waals surface area contributed by atoms with Gasteiger partial charge in [-0.3, -0.25) is 25.2 Å². The summed E-state index contributed by atoms with van der Waals surface area (Å²) >= 11 is 0. The average molecular weight is 370 g/mol. The molecule has 2 rings (SSSR count). The van der Waals surface area contributed by atoms with Gasteiger partial charge in [0.25, 0.3) is 11.8 Å². The summed E-state index contributed by atoms with van der Waals surface area (Å²) in [5.41, 5.74) is 4.70. The molecule has 0 heterocycles. The lowest BCUT2D eigenvalue weighted by Gasteiger charge is -2.22. The number of hydrazine groups is 1. The van der Waals surface area contributed by atoms with Crippen LogP contribution in [-0.2, 0) is 19.7 Å². The Hall–Kier alpha value is -3.35. The van der Waals surface area contributed by atoms with E-state index in [1.807, 2.05) is 30.3 Å². The number of carbonyl (C=O) groups is 3. The number of esters is 1. The number of nitrogens with one attached hydrogen (secondary N) is 2. The lowest BCUT2D eigenvalue weighted by atomic mass is 9.85. The first-order valence-electron chi connectivity index (χ1n) is 8.30. The topological polar surface area (TPSA) is 93.7 Å². The van der Waals surface area contributed by atoms with E-state index in [2.05, 4.69) is 10.9 Å². The molecule has 2 N–H and O–H groups in total. The van der Waals surface area contributed by atoms with Crippen molar-refractivity contribution in [1.29, 1.82) is 0 Å². The van der Waals surface area contributed by atoms with Crippen molar-refractivity contribution < 1.29 is 23.9 Å². The fourth-order valence-electron chi connectivity index (χ4n) is 2.26. The van der Waals surface area contributed by atoms with Crippen molar-refractivity contribution in [3.8, 4) is 5.75 Å². The normalized spacial score (nSPS) is 10.6. The van der Waals surface area contributed by atoms with Gasteiger partial charge in [0.15, 0.2) is 6.61 Å². The molecule has 0 atom stereocenters. The van der Waals surface area contributed by atoms with Crippen LogP contribution in [0.1, 0.15) is 29.8 Å². The van der Waals surface area contributed by atoms with E-state index in [-0.39, 0.29) is 0 Å². The summed E-state index contributed by atoms with van der Waals surface area (Å²) in [4.78, 5) is 36.1. The van der Waals surface area contributed by atoms with Gasteiger partial charge in [0, 0.05) is 5.56 Å². The molecule has 0 saturated heterocycles. The van der Waals surface area contributed by atoms with E-state index < -0.39 is 29.8 Å². The number of hydrogen-bond donors (Lipinski definition) is 2. The van der Waals surface area contributed by atoms with Gasteiger partial charge in [-0.15, -0.1) is 0 Å². The van der Waals surface area contributed by atoms with Crippen molar-refractivity contribution in [3.63, 3.8) is 0 Å². The summed E-state index contributed by atoms with van der Waals surface area (Å²) in [5, 5.41) is 0. The Morgan fingerprint density at radius 1 is 0.926 bits per heavy atom. The van der Waals surface area contributed by atoms with Crippen LogP contribution in [0, 0.1) is 0 Å². The summed E-state index contributed by atoms with van der Waals surface area (Å²) < 4.78 is 10.1. The van der Waals surface area contributed by atoms with Gasteiger partial charge < -0.3 is 9.47 Å². The van der Waals surface area contributed by atoms with Gasteiger partial charge >= 0.3 is 5.97 Å². The van der Waals surface area contributed by atoms with Crippen LogP contribution in [0.25, 0.3) is 0 Å². The molecule has 2 aromatic rings. The Balaban J connectivity index is 1.81. The molecule has 0 radical (unpaired) electrons. The fraction of sp³-hybridized carbons (Fsp3) is 0.250. The zero-order valence-electron chi connectivity index (χ0n) is 15.4. The minimum Gasteiger partial charge on any atom is -0.497 e. The second-order valence-corrected chi connectivity index (χ2v) is 6.30. The number of benzene rings is 2. The molecule has 0 unspecified atom stereocenters. The first-order valence-corrected chi connectivity index (χ1v) is 8.30. The van der Waals surface area contributed by atoms with E-state index in [0.717, 1.165) is 5.56 Å². The molecule has 0 saturated carbocycles. The summed E-state index contributed by atoms with van der Waals surface area (Å²) in [6.07, 6.45) is 0. The number of hydrogen-bond acceptors (Lipinski definition) is 5. The standard InChI is InChI=1S/C20H22N2O5/c1-20(2,15-7-5-4-6-8-15)19(25)27-13-17(23)21-22-18(24)14-9-11-16(26-3)12-10-14/h4-12H,13H2,1-3H3,(H,21,23)(H,22,24). The summed E-state index contributed by atoms with van der Waals surface area (Å²) in [5.74, 6) is -1.06. The monoisotopic (exact) mass is 370 g/mol. The molecular formula is C20H22N2O5. The largest absolute Gasteiger partial charge is 0.497 e. The lowest BCUT2D eigenvalue weighted by molar-refractivity contribution is -0.153. The molecule has 0 aliphatic carbocycles. The molecule has 142 valence electrons. The smallest absolute Gasteiger partial charge is 0.316 e. The Kier molecular flexibility index (Phi) is 6.54. The third-order valence-electron chi connectivity index (χ3n) is 4.01. The predicted octanol–water partition coefficient (Wildman–Crippen LogP) is 1.98. The molecule has 2 amide bonds. The minimum absolute atomic E-state index is 0.346. The van der Waals surface area contributed by atoms with E-state index >= 15 is 0 Å². The van der Waals surface area contributed by atoms with Crippen LogP contribution >= 0.6 is 0 Å². The molecule has 0 fully saturated rings. The van der Waals surface area contributed by atoms with Crippen LogP contribution in [0.5, 0.6) is 5.75 Å². The van der Waals surface area contributed by atoms with Gasteiger partial charge in [-0.25, -0.2) is 0 Å². The molecule has 7 nitrogen and oxygen atoms in total. The Labute approximate surface area is 157 Å². The fourth-order valence-corrected chi connectivity index (χ4v) is 2.26. The average Bonchev–Trinajstić information content (AvgIpc) is 2.70. The molecule has 0 aromatic heterocycles. The van der Waals surface area contributed by atoms with Gasteiger partial charge in [0.05, 0.1) is 12.5 Å². The molecular weight excluding hydrogens is 348 g/mol. The maximum absolute atomic E-state index is 12.3. The second-order valence-electron chi connectivity index (χ2n) is 6.30. The number of methoxy groups -OCH3 is 1. The maximum Gasteiger partial charge on any atom is 0.316 e.